The fourth-order valence-electron chi connectivity index (χ4n) is 5.53. The SMILES string of the molecule is CCCCC(CC)COc1ccc(OCC(CC)CCCC)c2c1SC(=C(C#N)C(=O)OCCOC(=O)NCCC[Si](OCC)(OCC)OCC)S2. The van der Waals surface area contributed by atoms with Gasteiger partial charge < -0.3 is 37.5 Å². The van der Waals surface area contributed by atoms with E-state index in [0.717, 1.165) is 72.7 Å². The van der Waals surface area contributed by atoms with E-state index < -0.39 is 20.9 Å². The number of rotatable bonds is 28. The molecule has 0 bridgehead atoms. The Morgan fingerprint density at radius 1 is 0.769 bits per heavy atom. The molecule has 0 spiro atoms. The summed E-state index contributed by atoms with van der Waals surface area (Å²) >= 11 is 2.66. The van der Waals surface area contributed by atoms with Crippen molar-refractivity contribution in [3.05, 3.63) is 21.9 Å². The average Bonchev–Trinajstić information content (AvgIpc) is 3.58. The van der Waals surface area contributed by atoms with Crippen LogP contribution in [0.25, 0.3) is 0 Å². The first-order chi connectivity index (χ1) is 25.2. The van der Waals surface area contributed by atoms with Crippen LogP contribution < -0.4 is 14.8 Å². The first-order valence-corrected chi connectivity index (χ1v) is 22.7. The lowest BCUT2D eigenvalue weighted by Gasteiger charge is -2.28. The number of ether oxygens (including phenoxy) is 4. The molecule has 2 rings (SSSR count). The Labute approximate surface area is 321 Å². The molecule has 0 fully saturated rings. The third-order valence-corrected chi connectivity index (χ3v) is 14.3. The molecule has 52 heavy (non-hydrogen) atoms. The highest BCUT2D eigenvalue weighted by Gasteiger charge is 2.39. The number of carbonyl (C=O) groups is 2. The molecule has 1 aromatic rings. The number of fused-ring (bicyclic) bond motifs is 1. The van der Waals surface area contributed by atoms with Crippen molar-refractivity contribution in [2.24, 2.45) is 11.8 Å². The standard InChI is InChI=1S/C38H62N2O9S2Si/c1-8-15-18-29(10-3)27-45-32-20-21-33(46-28-30(11-4)19-16-9-2)35-34(32)50-37(51-35)31(26-39)36(41)43-23-24-44-38(42)40-22-17-25-52(47-12-5,48-13-6)49-14-7/h20-21,29-30H,8-19,22-25,27-28H2,1-7H3,(H,40,42). The van der Waals surface area contributed by atoms with Gasteiger partial charge in [-0.3, -0.25) is 0 Å². The van der Waals surface area contributed by atoms with Crippen LogP contribution in [0.4, 0.5) is 4.79 Å². The molecule has 0 aromatic heterocycles. The first-order valence-electron chi connectivity index (χ1n) is 19.2. The molecule has 0 saturated heterocycles. The quantitative estimate of drug-likeness (QED) is 0.0285. The topological polar surface area (TPSA) is 135 Å². The Bertz CT molecular complexity index is 1230. The zero-order chi connectivity index (χ0) is 38.2. The highest BCUT2D eigenvalue weighted by Crippen LogP contribution is 2.59. The number of benzene rings is 1. The molecular formula is C38H62N2O9S2Si. The lowest BCUT2D eigenvalue weighted by atomic mass is 10.0. The summed E-state index contributed by atoms with van der Waals surface area (Å²) in [6.45, 7) is 17.1. The minimum atomic E-state index is -2.79. The number of nitriles is 1. The fourth-order valence-corrected chi connectivity index (χ4v) is 10.7. The number of nitrogens with zero attached hydrogens (tertiary/aromatic N) is 1. The second-order valence-corrected chi connectivity index (χ2v) is 17.5. The number of thioether (sulfide) groups is 2. The van der Waals surface area contributed by atoms with E-state index in [1.807, 2.05) is 39.0 Å². The maximum Gasteiger partial charge on any atom is 0.500 e. The molecule has 0 radical (unpaired) electrons. The lowest BCUT2D eigenvalue weighted by molar-refractivity contribution is -0.139. The van der Waals surface area contributed by atoms with E-state index in [0.29, 0.717) is 68.1 Å². The van der Waals surface area contributed by atoms with Crippen LogP contribution in [0.3, 0.4) is 0 Å². The van der Waals surface area contributed by atoms with Gasteiger partial charge in [-0.1, -0.05) is 89.7 Å². The molecule has 1 amide bonds. The second kappa shape index (κ2) is 26.4. The minimum Gasteiger partial charge on any atom is -0.492 e. The van der Waals surface area contributed by atoms with Crippen LogP contribution in [0.1, 0.15) is 106 Å². The molecule has 2 atom stereocenters. The molecule has 14 heteroatoms. The third-order valence-electron chi connectivity index (χ3n) is 8.56. The van der Waals surface area contributed by atoms with Gasteiger partial charge in [0.2, 0.25) is 0 Å². The van der Waals surface area contributed by atoms with Gasteiger partial charge in [0.1, 0.15) is 30.8 Å². The van der Waals surface area contributed by atoms with Gasteiger partial charge in [-0.25, -0.2) is 9.59 Å². The smallest absolute Gasteiger partial charge is 0.492 e. The number of carbonyl (C=O) groups excluding carboxylic acids is 2. The summed E-state index contributed by atoms with van der Waals surface area (Å²) in [5.41, 5.74) is -0.109. The van der Waals surface area contributed by atoms with Crippen LogP contribution in [0.5, 0.6) is 11.5 Å². The van der Waals surface area contributed by atoms with E-state index in [-0.39, 0.29) is 18.8 Å². The number of hydrogen-bond donors (Lipinski definition) is 1. The van der Waals surface area contributed by atoms with E-state index >= 15 is 0 Å². The van der Waals surface area contributed by atoms with E-state index in [9.17, 15) is 14.9 Å². The van der Waals surface area contributed by atoms with Crippen molar-refractivity contribution in [3.8, 4) is 17.6 Å². The summed E-state index contributed by atoms with van der Waals surface area (Å²) in [5.74, 6) is 1.55. The zero-order valence-corrected chi connectivity index (χ0v) is 35.1. The van der Waals surface area contributed by atoms with Crippen molar-refractivity contribution in [3.63, 3.8) is 0 Å². The van der Waals surface area contributed by atoms with Crippen LogP contribution in [0, 0.1) is 23.2 Å². The molecular weight excluding hydrogens is 721 g/mol. The lowest BCUT2D eigenvalue weighted by Crippen LogP contribution is -2.46. The Balaban J connectivity index is 2.04. The molecule has 11 nitrogen and oxygen atoms in total. The molecule has 2 unspecified atom stereocenters. The summed E-state index contributed by atoms with van der Waals surface area (Å²) in [4.78, 5) is 27.1. The van der Waals surface area contributed by atoms with Crippen molar-refractivity contribution in [1.29, 1.82) is 5.26 Å². The highest BCUT2D eigenvalue weighted by molar-refractivity contribution is 8.24. The molecule has 1 N–H and O–H groups in total. The van der Waals surface area contributed by atoms with Crippen LogP contribution in [0.2, 0.25) is 6.04 Å². The average molecular weight is 783 g/mol. The number of hydrogen-bond acceptors (Lipinski definition) is 12. The van der Waals surface area contributed by atoms with E-state index in [1.54, 1.807) is 0 Å². The molecule has 294 valence electrons. The summed E-state index contributed by atoms with van der Waals surface area (Å²) in [7, 11) is -2.79. The minimum absolute atomic E-state index is 0.109. The number of nitrogens with one attached hydrogen (secondary N) is 1. The Hall–Kier alpha value is -2.41. The van der Waals surface area contributed by atoms with Crippen LogP contribution in [0.15, 0.2) is 31.7 Å². The Morgan fingerprint density at radius 2 is 1.27 bits per heavy atom. The first kappa shape index (κ1) is 45.7. The van der Waals surface area contributed by atoms with Gasteiger partial charge in [0.15, 0.2) is 5.57 Å². The monoisotopic (exact) mass is 782 g/mol. The van der Waals surface area contributed by atoms with Gasteiger partial charge in [0, 0.05) is 32.4 Å². The normalized spacial score (nSPS) is 13.5. The summed E-state index contributed by atoms with van der Waals surface area (Å²) in [5, 5.41) is 12.8. The summed E-state index contributed by atoms with van der Waals surface area (Å²) in [6.07, 6.45) is 8.82. The van der Waals surface area contributed by atoms with Crippen molar-refractivity contribution >= 4 is 44.4 Å². The molecule has 1 aliphatic rings. The van der Waals surface area contributed by atoms with E-state index in [4.69, 9.17) is 32.2 Å². The van der Waals surface area contributed by atoms with Crippen LogP contribution >= 0.6 is 23.5 Å². The van der Waals surface area contributed by atoms with E-state index in [1.165, 1.54) is 23.5 Å². The summed E-state index contributed by atoms with van der Waals surface area (Å²) in [6, 6.07) is 6.47. The Morgan fingerprint density at radius 3 is 1.71 bits per heavy atom. The van der Waals surface area contributed by atoms with Crippen molar-refractivity contribution in [1.82, 2.24) is 5.32 Å². The molecule has 1 aromatic carbocycles. The van der Waals surface area contributed by atoms with Gasteiger partial charge in [-0.15, -0.1) is 0 Å². The predicted octanol–water partition coefficient (Wildman–Crippen LogP) is 9.52. The number of esters is 1. The zero-order valence-electron chi connectivity index (χ0n) is 32.5. The number of alkyl carbamates (subject to hydrolysis) is 1. The molecule has 0 saturated carbocycles. The van der Waals surface area contributed by atoms with E-state index in [2.05, 4.69) is 33.0 Å². The van der Waals surface area contributed by atoms with Gasteiger partial charge >= 0.3 is 20.9 Å². The summed E-state index contributed by atoms with van der Waals surface area (Å²) < 4.78 is 41.4. The largest absolute Gasteiger partial charge is 0.500 e. The third kappa shape index (κ3) is 15.5. The molecule has 1 heterocycles. The van der Waals surface area contributed by atoms with Crippen molar-refractivity contribution in [2.45, 2.75) is 122 Å². The number of amides is 1. The second-order valence-electron chi connectivity index (χ2n) is 12.4. The highest BCUT2D eigenvalue weighted by atomic mass is 32.2. The maximum atomic E-state index is 13.1. The van der Waals surface area contributed by atoms with Crippen molar-refractivity contribution < 1.29 is 41.8 Å². The predicted molar refractivity (Wildman–Crippen MR) is 209 cm³/mol. The van der Waals surface area contributed by atoms with Gasteiger partial charge in [0.05, 0.1) is 27.2 Å². The Kier molecular flexibility index (Phi) is 23.2. The molecule has 1 aliphatic heterocycles. The van der Waals surface area contributed by atoms with Crippen LogP contribution in [-0.4, -0.2) is 73.7 Å². The van der Waals surface area contributed by atoms with Gasteiger partial charge in [-0.2, -0.15) is 5.26 Å². The van der Waals surface area contributed by atoms with Gasteiger partial charge in [-0.05, 0) is 64.0 Å². The molecule has 0 aliphatic carbocycles. The fraction of sp³-hybridized carbons (Fsp3) is 0.711. The number of unbranched alkanes of at least 4 members (excludes halogenated alkanes) is 2. The maximum absolute atomic E-state index is 13.1. The van der Waals surface area contributed by atoms with Crippen molar-refractivity contribution in [2.75, 3.05) is 52.8 Å². The van der Waals surface area contributed by atoms with Gasteiger partial charge in [0.25, 0.3) is 0 Å². The van der Waals surface area contributed by atoms with Crippen LogP contribution in [-0.2, 0) is 27.5 Å².